The van der Waals surface area contributed by atoms with Crippen molar-refractivity contribution in [2.75, 3.05) is 13.1 Å². The molecule has 1 aromatic carbocycles. The molecule has 168 valence electrons. The number of carbonyl (C=O) groups is 1. The van der Waals surface area contributed by atoms with Gasteiger partial charge in [0.1, 0.15) is 23.1 Å². The average molecular weight is 467 g/mol. The summed E-state index contributed by atoms with van der Waals surface area (Å²) in [4.78, 5) is 22.1. The fraction of sp³-hybridized carbons (Fsp3) is 0.333. The van der Waals surface area contributed by atoms with Gasteiger partial charge >= 0.3 is 12.2 Å². The monoisotopic (exact) mass is 466 g/mol. The van der Waals surface area contributed by atoms with E-state index >= 15 is 0 Å². The summed E-state index contributed by atoms with van der Waals surface area (Å²) in [6, 6.07) is 7.37. The van der Waals surface area contributed by atoms with E-state index < -0.39 is 18.0 Å². The molecule has 11 heteroatoms. The number of aromatic nitrogens is 3. The largest absolute Gasteiger partial charge is 0.458 e. The van der Waals surface area contributed by atoms with Gasteiger partial charge in [0.25, 0.3) is 5.91 Å². The maximum absolute atomic E-state index is 13.3. The number of piperidine rings is 1. The Balaban J connectivity index is 1.53. The highest BCUT2D eigenvalue weighted by Gasteiger charge is 2.34. The molecule has 1 aliphatic rings. The van der Waals surface area contributed by atoms with Gasteiger partial charge in [-0.2, -0.15) is 18.2 Å². The molecule has 32 heavy (non-hydrogen) atoms. The molecule has 4 rings (SSSR count). The first kappa shape index (κ1) is 22.1. The second kappa shape index (κ2) is 8.78. The molecule has 7 nitrogen and oxygen atoms in total. The third-order valence-corrected chi connectivity index (χ3v) is 5.40. The van der Waals surface area contributed by atoms with Crippen molar-refractivity contribution in [2.45, 2.75) is 32.0 Å². The maximum atomic E-state index is 13.3. The standard InChI is InChI=1S/C21H18ClF3N4O3/c1-12-17(18(28-32-12)14-6-2-3-7-15(14)22)19(30)29-10-4-5-13(11-29)31-20-26-9-8-16(27-20)21(23,24)25/h2-3,6-9,13H,4-5,10-11H2,1H3. The van der Waals surface area contributed by atoms with Crippen molar-refractivity contribution in [1.29, 1.82) is 0 Å². The van der Waals surface area contributed by atoms with Crippen LogP contribution >= 0.6 is 11.6 Å². The van der Waals surface area contributed by atoms with E-state index in [4.69, 9.17) is 20.9 Å². The molecule has 0 bridgehead atoms. The molecule has 0 N–H and O–H groups in total. The van der Waals surface area contributed by atoms with Crippen molar-refractivity contribution >= 4 is 17.5 Å². The molecular weight excluding hydrogens is 449 g/mol. The Bertz CT molecular complexity index is 1140. The molecule has 0 saturated carbocycles. The minimum Gasteiger partial charge on any atom is -0.458 e. The number of halogens is 4. The summed E-state index contributed by atoms with van der Waals surface area (Å²) >= 11 is 6.27. The summed E-state index contributed by atoms with van der Waals surface area (Å²) in [7, 11) is 0. The van der Waals surface area contributed by atoms with Crippen molar-refractivity contribution in [2.24, 2.45) is 0 Å². The molecule has 0 aliphatic carbocycles. The summed E-state index contributed by atoms with van der Waals surface area (Å²) < 4.78 is 49.5. The van der Waals surface area contributed by atoms with Crippen LogP contribution in [-0.4, -0.2) is 45.1 Å². The van der Waals surface area contributed by atoms with Crippen LogP contribution in [0, 0.1) is 6.92 Å². The zero-order valence-electron chi connectivity index (χ0n) is 16.9. The Morgan fingerprint density at radius 2 is 2.06 bits per heavy atom. The molecule has 1 fully saturated rings. The number of aryl methyl sites for hydroxylation is 1. The van der Waals surface area contributed by atoms with Crippen LogP contribution in [0.25, 0.3) is 11.3 Å². The minimum atomic E-state index is -4.60. The van der Waals surface area contributed by atoms with E-state index in [-0.39, 0.29) is 24.0 Å². The van der Waals surface area contributed by atoms with E-state index in [1.54, 1.807) is 36.1 Å². The molecule has 3 aromatic rings. The molecule has 1 amide bonds. The zero-order valence-corrected chi connectivity index (χ0v) is 17.7. The van der Waals surface area contributed by atoms with Crippen molar-refractivity contribution in [1.82, 2.24) is 20.0 Å². The van der Waals surface area contributed by atoms with Gasteiger partial charge in [-0.1, -0.05) is 35.0 Å². The molecule has 1 saturated heterocycles. The molecule has 0 radical (unpaired) electrons. The molecular formula is C21H18ClF3N4O3. The summed E-state index contributed by atoms with van der Waals surface area (Å²) in [5.74, 6) is 0.0195. The predicted molar refractivity (Wildman–Crippen MR) is 108 cm³/mol. The molecule has 0 spiro atoms. The molecule has 1 aliphatic heterocycles. The highest BCUT2D eigenvalue weighted by molar-refractivity contribution is 6.33. The van der Waals surface area contributed by atoms with Crippen LogP contribution in [0.2, 0.25) is 5.02 Å². The molecule has 1 atom stereocenters. The van der Waals surface area contributed by atoms with E-state index in [1.165, 1.54) is 0 Å². The van der Waals surface area contributed by atoms with E-state index in [9.17, 15) is 18.0 Å². The summed E-state index contributed by atoms with van der Waals surface area (Å²) in [5, 5.41) is 4.44. The Morgan fingerprint density at radius 3 is 2.81 bits per heavy atom. The molecule has 1 unspecified atom stereocenters. The Kier molecular flexibility index (Phi) is 6.05. The average Bonchev–Trinajstić information content (AvgIpc) is 3.14. The van der Waals surface area contributed by atoms with Crippen molar-refractivity contribution in [3.05, 3.63) is 58.6 Å². The molecule has 3 heterocycles. The van der Waals surface area contributed by atoms with Crippen LogP contribution in [0.1, 0.15) is 34.7 Å². The first-order valence-corrected chi connectivity index (χ1v) is 10.2. The Hall–Kier alpha value is -3.14. The number of rotatable bonds is 4. The van der Waals surface area contributed by atoms with E-state index in [0.29, 0.717) is 41.4 Å². The fourth-order valence-corrected chi connectivity index (χ4v) is 3.77. The highest BCUT2D eigenvalue weighted by atomic mass is 35.5. The number of ether oxygens (including phenoxy) is 1. The lowest BCUT2D eigenvalue weighted by Gasteiger charge is -2.32. The lowest BCUT2D eigenvalue weighted by molar-refractivity contribution is -0.141. The maximum Gasteiger partial charge on any atom is 0.433 e. The number of likely N-dealkylation sites (tertiary alicyclic amines) is 1. The van der Waals surface area contributed by atoms with Crippen molar-refractivity contribution < 1.29 is 27.2 Å². The van der Waals surface area contributed by atoms with Gasteiger partial charge < -0.3 is 14.2 Å². The zero-order chi connectivity index (χ0) is 22.9. The summed E-state index contributed by atoms with van der Waals surface area (Å²) in [6.07, 6.45) is -3.02. The van der Waals surface area contributed by atoms with E-state index in [2.05, 4.69) is 15.1 Å². The van der Waals surface area contributed by atoms with Gasteiger partial charge in [0.2, 0.25) is 0 Å². The first-order valence-electron chi connectivity index (χ1n) is 9.81. The Morgan fingerprint density at radius 1 is 1.28 bits per heavy atom. The Labute approximate surface area is 186 Å². The fourth-order valence-electron chi connectivity index (χ4n) is 3.54. The van der Waals surface area contributed by atoms with Crippen LogP contribution in [0.3, 0.4) is 0 Å². The smallest absolute Gasteiger partial charge is 0.433 e. The number of nitrogens with zero attached hydrogens (tertiary/aromatic N) is 4. The van der Waals surface area contributed by atoms with Crippen LogP contribution in [-0.2, 0) is 6.18 Å². The normalized spacial score (nSPS) is 16.8. The van der Waals surface area contributed by atoms with Gasteiger partial charge in [-0.25, -0.2) is 4.98 Å². The highest BCUT2D eigenvalue weighted by Crippen LogP contribution is 2.32. The van der Waals surface area contributed by atoms with Gasteiger partial charge in [-0.3, -0.25) is 4.79 Å². The van der Waals surface area contributed by atoms with Crippen molar-refractivity contribution in [3.8, 4) is 17.3 Å². The summed E-state index contributed by atoms with van der Waals surface area (Å²) in [5.41, 5.74) is 0.101. The third kappa shape index (κ3) is 4.55. The van der Waals surface area contributed by atoms with Crippen molar-refractivity contribution in [3.63, 3.8) is 0 Å². The van der Waals surface area contributed by atoms with Crippen LogP contribution in [0.4, 0.5) is 13.2 Å². The first-order chi connectivity index (χ1) is 15.2. The number of alkyl halides is 3. The number of hydrogen-bond donors (Lipinski definition) is 0. The second-order valence-electron chi connectivity index (χ2n) is 7.30. The number of benzene rings is 1. The van der Waals surface area contributed by atoms with E-state index in [1.807, 2.05) is 0 Å². The number of hydrogen-bond acceptors (Lipinski definition) is 6. The second-order valence-corrected chi connectivity index (χ2v) is 7.70. The van der Waals surface area contributed by atoms with Crippen LogP contribution < -0.4 is 4.74 Å². The van der Waals surface area contributed by atoms with Gasteiger partial charge in [0.05, 0.1) is 11.6 Å². The van der Waals surface area contributed by atoms with Gasteiger partial charge in [-0.15, -0.1) is 0 Å². The minimum absolute atomic E-state index is 0.158. The van der Waals surface area contributed by atoms with Gasteiger partial charge in [0.15, 0.2) is 5.69 Å². The summed E-state index contributed by atoms with van der Waals surface area (Å²) in [6.45, 7) is 2.24. The quantitative estimate of drug-likeness (QED) is 0.549. The SMILES string of the molecule is Cc1onc(-c2ccccc2Cl)c1C(=O)N1CCCC(Oc2nccc(C(F)(F)F)n2)C1. The van der Waals surface area contributed by atoms with E-state index in [0.717, 1.165) is 12.3 Å². The van der Waals surface area contributed by atoms with Crippen LogP contribution in [0.5, 0.6) is 6.01 Å². The van der Waals surface area contributed by atoms with Gasteiger partial charge in [-0.05, 0) is 31.9 Å². The molecule has 2 aromatic heterocycles. The topological polar surface area (TPSA) is 81.4 Å². The predicted octanol–water partition coefficient (Wildman–Crippen LogP) is 4.80. The lowest BCUT2D eigenvalue weighted by Crippen LogP contribution is -2.44. The van der Waals surface area contributed by atoms with Crippen LogP contribution in [0.15, 0.2) is 41.1 Å². The number of carbonyl (C=O) groups excluding carboxylic acids is 1. The lowest BCUT2D eigenvalue weighted by atomic mass is 10.0. The van der Waals surface area contributed by atoms with Gasteiger partial charge in [0, 0.05) is 18.3 Å². The number of amides is 1. The third-order valence-electron chi connectivity index (χ3n) is 5.07.